The van der Waals surface area contributed by atoms with E-state index in [-0.39, 0.29) is 61.5 Å². The van der Waals surface area contributed by atoms with E-state index in [1.165, 1.54) is 0 Å². The molecular formula is C13H30O7. The minimum Gasteiger partial charge on any atom is -0.388 e. The molecule has 1 N–H and O–H groups in total. The molecule has 2 heterocycles. The van der Waals surface area contributed by atoms with Crippen LogP contribution in [-0.4, -0.2) is 70.2 Å². The molecule has 0 aliphatic carbocycles. The first-order chi connectivity index (χ1) is 8.34. The van der Waals surface area contributed by atoms with E-state index >= 15 is 0 Å². The third-order valence-electron chi connectivity index (χ3n) is 2.13. The summed E-state index contributed by atoms with van der Waals surface area (Å²) >= 11 is 0. The first-order valence-electron chi connectivity index (χ1n) is 5.60. The number of aliphatic hydroxyl groups excluding tert-OH is 1. The molecule has 2 fully saturated rings. The summed E-state index contributed by atoms with van der Waals surface area (Å²) in [5.41, 5.74) is 0. The van der Waals surface area contributed by atoms with Crippen molar-refractivity contribution < 1.29 is 33.5 Å². The summed E-state index contributed by atoms with van der Waals surface area (Å²) < 4.78 is 30.1. The Bertz CT molecular complexity index is 207. The quantitative estimate of drug-likeness (QED) is 0.346. The van der Waals surface area contributed by atoms with Crippen LogP contribution in [0.15, 0.2) is 0 Å². The van der Waals surface area contributed by atoms with Crippen LogP contribution in [-0.2, 0) is 28.4 Å². The van der Waals surface area contributed by atoms with Gasteiger partial charge in [-0.3, -0.25) is 0 Å². The van der Waals surface area contributed by atoms with Crippen LogP contribution in [0.3, 0.4) is 0 Å². The van der Waals surface area contributed by atoms with E-state index in [2.05, 4.69) is 0 Å². The van der Waals surface area contributed by atoms with Gasteiger partial charge >= 0.3 is 0 Å². The van der Waals surface area contributed by atoms with Gasteiger partial charge in [0.1, 0.15) is 32.4 Å². The van der Waals surface area contributed by atoms with E-state index in [0.29, 0.717) is 13.2 Å². The zero-order valence-corrected chi connectivity index (χ0v) is 9.58. The molecule has 0 bridgehead atoms. The second-order valence-corrected chi connectivity index (χ2v) is 3.89. The van der Waals surface area contributed by atoms with Crippen molar-refractivity contribution in [1.82, 2.24) is 0 Å². The summed E-state index contributed by atoms with van der Waals surface area (Å²) in [4.78, 5) is 0. The van der Waals surface area contributed by atoms with E-state index in [4.69, 9.17) is 28.4 Å². The maximum absolute atomic E-state index is 9.43. The maximum atomic E-state index is 9.43. The van der Waals surface area contributed by atoms with E-state index in [0.717, 1.165) is 6.61 Å². The summed E-state index contributed by atoms with van der Waals surface area (Å²) in [6.07, 6.45) is -0.574. The summed E-state index contributed by atoms with van der Waals surface area (Å²) in [5.74, 6) is 0. The molecule has 0 aromatic heterocycles. The van der Waals surface area contributed by atoms with Crippen LogP contribution in [0.5, 0.6) is 0 Å². The molecule has 3 unspecified atom stereocenters. The van der Waals surface area contributed by atoms with Crippen LogP contribution in [0.1, 0.15) is 22.3 Å². The smallest absolute Gasteiger partial charge is 0.183 e. The van der Waals surface area contributed by atoms with Gasteiger partial charge in [-0.05, 0) is 0 Å². The molecule has 2 aliphatic rings. The van der Waals surface area contributed by atoms with Crippen LogP contribution in [0.2, 0.25) is 0 Å². The molecule has 0 amide bonds. The molecule has 7 heteroatoms. The van der Waals surface area contributed by atoms with Gasteiger partial charge in [0, 0.05) is 0 Å². The fourth-order valence-electron chi connectivity index (χ4n) is 1.08. The summed E-state index contributed by atoms with van der Waals surface area (Å²) in [5, 5.41) is 9.43. The highest BCUT2D eigenvalue weighted by Gasteiger charge is 2.23. The largest absolute Gasteiger partial charge is 0.388 e. The van der Waals surface area contributed by atoms with Crippen LogP contribution in [0.25, 0.3) is 0 Å². The topological polar surface area (TPSA) is 82.2 Å². The average molecular weight is 298 g/mol. The Labute approximate surface area is 122 Å². The Kier molecular flexibility index (Phi) is 13.7. The Hall–Kier alpha value is -0.280. The van der Waals surface area contributed by atoms with Crippen LogP contribution in [0.4, 0.5) is 0 Å². The zero-order valence-electron chi connectivity index (χ0n) is 9.58. The minimum absolute atomic E-state index is 0. The zero-order chi connectivity index (χ0) is 11.9. The number of hydrogen-bond acceptors (Lipinski definition) is 7. The molecule has 0 aromatic rings. The number of epoxide rings is 2. The normalized spacial score (nSPS) is 23.9. The predicted molar refractivity (Wildman–Crippen MR) is 74.4 cm³/mol. The number of hydrogen-bond donors (Lipinski definition) is 1. The van der Waals surface area contributed by atoms with Gasteiger partial charge in [0.15, 0.2) is 6.29 Å². The molecule has 2 saturated heterocycles. The summed E-state index contributed by atoms with van der Waals surface area (Å²) in [6, 6.07) is 0. The summed E-state index contributed by atoms with van der Waals surface area (Å²) in [6.45, 7) is 2.55. The van der Waals surface area contributed by atoms with Crippen molar-refractivity contribution in [2.24, 2.45) is 0 Å². The van der Waals surface area contributed by atoms with Crippen molar-refractivity contribution in [3.05, 3.63) is 0 Å². The lowest BCUT2D eigenvalue weighted by atomic mass is 10.4. The van der Waals surface area contributed by atoms with Gasteiger partial charge in [-0.15, -0.1) is 0 Å². The average Bonchev–Trinajstić information content (AvgIpc) is 3.17. The maximum Gasteiger partial charge on any atom is 0.183 e. The highest BCUT2D eigenvalue weighted by atomic mass is 16.8. The lowest BCUT2D eigenvalue weighted by Crippen LogP contribution is -2.23. The fraction of sp³-hybridized carbons (Fsp3) is 1.00. The standard InChI is InChI=1S/C10H18O7.3CH4/c11-8(2-13-7-17-10-5-16-10)1-12-6-14-3-9-4-15-9;;;/h8-11H,1-7H2;3*1H4. The molecule has 2 aliphatic heterocycles. The van der Waals surface area contributed by atoms with Crippen molar-refractivity contribution >= 4 is 0 Å². The van der Waals surface area contributed by atoms with Gasteiger partial charge in [0.05, 0.1) is 26.4 Å². The molecule has 124 valence electrons. The highest BCUT2D eigenvalue weighted by Crippen LogP contribution is 2.09. The molecule has 0 spiro atoms. The monoisotopic (exact) mass is 298 g/mol. The van der Waals surface area contributed by atoms with Crippen LogP contribution >= 0.6 is 0 Å². The number of aliphatic hydroxyl groups is 1. The third kappa shape index (κ3) is 11.5. The van der Waals surface area contributed by atoms with Gasteiger partial charge in [-0.1, -0.05) is 22.3 Å². The van der Waals surface area contributed by atoms with E-state index < -0.39 is 6.10 Å². The molecule has 7 nitrogen and oxygen atoms in total. The molecule has 20 heavy (non-hydrogen) atoms. The first kappa shape index (κ1) is 22.0. The Morgan fingerprint density at radius 1 is 0.950 bits per heavy atom. The van der Waals surface area contributed by atoms with Crippen molar-refractivity contribution in [1.29, 1.82) is 0 Å². The fourth-order valence-corrected chi connectivity index (χ4v) is 1.08. The van der Waals surface area contributed by atoms with E-state index in [9.17, 15) is 5.11 Å². The molecule has 2 rings (SSSR count). The second kappa shape index (κ2) is 12.5. The lowest BCUT2D eigenvalue weighted by molar-refractivity contribution is -0.127. The molecular weight excluding hydrogens is 268 g/mol. The Balaban J connectivity index is 0. The SMILES string of the molecule is C.C.C.OC(COCOCC1CO1)COCOC1CO1. The van der Waals surface area contributed by atoms with Gasteiger partial charge in [0.25, 0.3) is 0 Å². The van der Waals surface area contributed by atoms with Gasteiger partial charge < -0.3 is 33.5 Å². The lowest BCUT2D eigenvalue weighted by Gasteiger charge is -2.11. The molecule has 3 atom stereocenters. The van der Waals surface area contributed by atoms with Crippen LogP contribution in [0, 0.1) is 0 Å². The van der Waals surface area contributed by atoms with Crippen molar-refractivity contribution in [2.75, 3.05) is 46.6 Å². The van der Waals surface area contributed by atoms with Gasteiger partial charge in [-0.2, -0.15) is 0 Å². The Morgan fingerprint density at radius 2 is 1.55 bits per heavy atom. The van der Waals surface area contributed by atoms with Gasteiger partial charge in [-0.25, -0.2) is 0 Å². The first-order valence-corrected chi connectivity index (χ1v) is 5.60. The van der Waals surface area contributed by atoms with Crippen molar-refractivity contribution in [2.45, 2.75) is 40.8 Å². The van der Waals surface area contributed by atoms with E-state index in [1.54, 1.807) is 0 Å². The second-order valence-electron chi connectivity index (χ2n) is 3.89. The molecule has 0 aromatic carbocycles. The van der Waals surface area contributed by atoms with Crippen molar-refractivity contribution in [3.8, 4) is 0 Å². The highest BCUT2D eigenvalue weighted by molar-refractivity contribution is 4.66. The summed E-state index contributed by atoms with van der Waals surface area (Å²) in [7, 11) is 0. The number of rotatable bonds is 11. The number of ether oxygens (including phenoxy) is 6. The predicted octanol–water partition coefficient (Wildman–Crippen LogP) is 0.992. The van der Waals surface area contributed by atoms with E-state index in [1.807, 2.05) is 0 Å². The van der Waals surface area contributed by atoms with Gasteiger partial charge in [0.2, 0.25) is 0 Å². The molecule has 0 radical (unpaired) electrons. The van der Waals surface area contributed by atoms with Crippen molar-refractivity contribution in [3.63, 3.8) is 0 Å². The third-order valence-corrected chi connectivity index (χ3v) is 2.13. The molecule has 0 saturated carbocycles. The minimum atomic E-state index is -0.681. The Morgan fingerprint density at radius 3 is 2.10 bits per heavy atom. The van der Waals surface area contributed by atoms with Crippen LogP contribution < -0.4 is 0 Å².